The van der Waals surface area contributed by atoms with Crippen molar-refractivity contribution in [2.24, 2.45) is 0 Å². The van der Waals surface area contributed by atoms with Crippen LogP contribution in [0.4, 0.5) is 26.3 Å². The Morgan fingerprint density at radius 2 is 1.15 bits per heavy atom. The molecule has 0 amide bonds. The smallest absolute Gasteiger partial charge is 0.417 e. The van der Waals surface area contributed by atoms with Gasteiger partial charge in [-0.2, -0.15) is 26.3 Å². The molecule has 0 aliphatic heterocycles. The number of hydrogen-bond acceptors (Lipinski definition) is 2. The van der Waals surface area contributed by atoms with Crippen LogP contribution in [0.1, 0.15) is 11.1 Å². The van der Waals surface area contributed by atoms with E-state index in [9.17, 15) is 26.3 Å². The molecule has 0 spiro atoms. The van der Waals surface area contributed by atoms with Gasteiger partial charge >= 0.3 is 12.4 Å². The maximum absolute atomic E-state index is 13.9. The molecule has 2 heterocycles. The fraction of sp³-hybridized carbons (Fsp3) is 0.0606. The molecule has 8 heteroatoms. The Kier molecular flexibility index (Phi) is 5.41. The summed E-state index contributed by atoms with van der Waals surface area (Å²) < 4.78 is 89.7. The Morgan fingerprint density at radius 1 is 0.537 bits per heavy atom. The maximum atomic E-state index is 13.9. The Morgan fingerprint density at radius 3 is 1.90 bits per heavy atom. The van der Waals surface area contributed by atoms with E-state index in [1.165, 1.54) is 12.3 Å². The zero-order valence-corrected chi connectivity index (χ0v) is 20.9. The number of nitrogens with zero attached hydrogens (tertiary/aromatic N) is 1. The third-order valence-electron chi connectivity index (χ3n) is 7.39. The highest BCUT2D eigenvalue weighted by Gasteiger charge is 2.41. The van der Waals surface area contributed by atoms with Crippen molar-refractivity contribution < 1.29 is 30.8 Å². The van der Waals surface area contributed by atoms with Gasteiger partial charge in [0.15, 0.2) is 0 Å². The highest BCUT2D eigenvalue weighted by Crippen LogP contribution is 2.46. The quantitative estimate of drug-likeness (QED) is 0.156. The maximum Gasteiger partial charge on any atom is 0.417 e. The normalized spacial score (nSPS) is 12.6. The molecule has 0 radical (unpaired) electrons. The predicted octanol–water partition coefficient (Wildman–Crippen LogP) is 10.7. The SMILES string of the molecule is FC(F)(F)c1cccc(C(F)(F)F)c1-c1ccnc(-c2cccc3c2oc2c3ccc3c4ccccc4ccc32)c1. The van der Waals surface area contributed by atoms with Gasteiger partial charge in [0, 0.05) is 33.5 Å². The van der Waals surface area contributed by atoms with Crippen molar-refractivity contribution in [3.63, 3.8) is 0 Å². The van der Waals surface area contributed by atoms with E-state index in [-0.39, 0.29) is 11.3 Å². The molecule has 0 unspecified atom stereocenters. The number of hydrogen-bond donors (Lipinski definition) is 0. The van der Waals surface area contributed by atoms with Crippen LogP contribution in [0.5, 0.6) is 0 Å². The van der Waals surface area contributed by atoms with Crippen LogP contribution in [-0.4, -0.2) is 4.98 Å². The fourth-order valence-electron chi connectivity index (χ4n) is 5.61. The molecule has 0 bridgehead atoms. The molecule has 2 aromatic heterocycles. The predicted molar refractivity (Wildman–Crippen MR) is 147 cm³/mol. The second-order valence-electron chi connectivity index (χ2n) is 9.76. The average Bonchev–Trinajstić information content (AvgIpc) is 3.35. The zero-order valence-electron chi connectivity index (χ0n) is 20.9. The van der Waals surface area contributed by atoms with Crippen molar-refractivity contribution in [2.45, 2.75) is 12.4 Å². The topological polar surface area (TPSA) is 26.0 Å². The second-order valence-corrected chi connectivity index (χ2v) is 9.76. The van der Waals surface area contributed by atoms with Gasteiger partial charge < -0.3 is 4.42 Å². The highest BCUT2D eigenvalue weighted by atomic mass is 19.4. The van der Waals surface area contributed by atoms with E-state index in [1.807, 2.05) is 54.6 Å². The van der Waals surface area contributed by atoms with Gasteiger partial charge in [-0.1, -0.05) is 54.6 Å². The summed E-state index contributed by atoms with van der Waals surface area (Å²) >= 11 is 0. The number of para-hydroxylation sites is 1. The lowest BCUT2D eigenvalue weighted by molar-refractivity contribution is -0.142. The summed E-state index contributed by atoms with van der Waals surface area (Å²) in [6, 6.07) is 25.7. The summed E-state index contributed by atoms with van der Waals surface area (Å²) in [5, 5.41) is 5.62. The monoisotopic (exact) mass is 557 g/mol. The number of rotatable bonds is 2. The van der Waals surface area contributed by atoms with Gasteiger partial charge in [-0.3, -0.25) is 4.98 Å². The van der Waals surface area contributed by atoms with Crippen molar-refractivity contribution in [1.82, 2.24) is 4.98 Å². The van der Waals surface area contributed by atoms with E-state index in [1.54, 1.807) is 12.1 Å². The summed E-state index contributed by atoms with van der Waals surface area (Å²) in [6.07, 6.45) is -8.78. The van der Waals surface area contributed by atoms with Crippen molar-refractivity contribution in [2.75, 3.05) is 0 Å². The van der Waals surface area contributed by atoms with Gasteiger partial charge in [0.1, 0.15) is 11.2 Å². The standard InChI is InChI=1S/C33H17F6NO/c34-32(35,36)26-9-4-10-27(33(37,38)39)29(26)19-15-16-40-28(17-19)25-8-3-7-22-24-14-13-21-20-6-2-1-5-18(20)11-12-23(21)30(24)41-31(22)25/h1-17H. The third kappa shape index (κ3) is 4.01. The molecule has 0 fully saturated rings. The van der Waals surface area contributed by atoms with Crippen LogP contribution < -0.4 is 0 Å². The summed E-state index contributed by atoms with van der Waals surface area (Å²) in [4.78, 5) is 4.32. The summed E-state index contributed by atoms with van der Waals surface area (Å²) in [7, 11) is 0. The van der Waals surface area contributed by atoms with Crippen LogP contribution in [0, 0.1) is 0 Å². The van der Waals surface area contributed by atoms with E-state index >= 15 is 0 Å². The van der Waals surface area contributed by atoms with E-state index in [0.29, 0.717) is 28.9 Å². The lowest BCUT2D eigenvalue weighted by Gasteiger charge is -2.19. The zero-order chi connectivity index (χ0) is 28.5. The van der Waals surface area contributed by atoms with Gasteiger partial charge in [0.05, 0.1) is 16.8 Å². The van der Waals surface area contributed by atoms with Crippen LogP contribution in [0.2, 0.25) is 0 Å². The number of benzene rings is 5. The molecule has 5 aromatic carbocycles. The minimum absolute atomic E-state index is 0.187. The number of aromatic nitrogens is 1. The first kappa shape index (κ1) is 25.1. The minimum Gasteiger partial charge on any atom is -0.455 e. The Balaban J connectivity index is 1.47. The number of halogens is 6. The van der Waals surface area contributed by atoms with Crippen LogP contribution in [-0.2, 0) is 12.4 Å². The number of pyridine rings is 1. The lowest BCUT2D eigenvalue weighted by Crippen LogP contribution is -2.14. The van der Waals surface area contributed by atoms with Crippen LogP contribution in [0.3, 0.4) is 0 Å². The van der Waals surface area contributed by atoms with Crippen LogP contribution >= 0.6 is 0 Å². The molecule has 41 heavy (non-hydrogen) atoms. The largest absolute Gasteiger partial charge is 0.455 e. The molecule has 0 aliphatic carbocycles. The molecule has 7 aromatic rings. The molecule has 7 rings (SSSR count). The van der Waals surface area contributed by atoms with E-state index in [2.05, 4.69) is 4.98 Å². The van der Waals surface area contributed by atoms with Gasteiger partial charge in [-0.15, -0.1) is 0 Å². The van der Waals surface area contributed by atoms with Crippen molar-refractivity contribution in [3.05, 3.63) is 114 Å². The summed E-state index contributed by atoms with van der Waals surface area (Å²) in [6.45, 7) is 0. The van der Waals surface area contributed by atoms with E-state index < -0.39 is 29.0 Å². The summed E-state index contributed by atoms with van der Waals surface area (Å²) in [5.41, 5.74) is -2.22. The molecule has 0 N–H and O–H groups in total. The van der Waals surface area contributed by atoms with Gasteiger partial charge in [0.25, 0.3) is 0 Å². The molecule has 2 nitrogen and oxygen atoms in total. The van der Waals surface area contributed by atoms with E-state index in [4.69, 9.17) is 4.42 Å². The Hall–Kier alpha value is -4.85. The second kappa shape index (κ2) is 8.83. The Bertz CT molecular complexity index is 2110. The van der Waals surface area contributed by atoms with Crippen molar-refractivity contribution in [1.29, 1.82) is 0 Å². The van der Waals surface area contributed by atoms with Crippen molar-refractivity contribution in [3.8, 4) is 22.4 Å². The summed E-state index contributed by atoms with van der Waals surface area (Å²) in [5.74, 6) is 0. The van der Waals surface area contributed by atoms with Crippen LogP contribution in [0.25, 0.3) is 65.9 Å². The first-order valence-electron chi connectivity index (χ1n) is 12.6. The molecule has 202 valence electrons. The first-order chi connectivity index (χ1) is 19.6. The van der Waals surface area contributed by atoms with Crippen LogP contribution in [0.15, 0.2) is 108 Å². The molecular weight excluding hydrogens is 540 g/mol. The average molecular weight is 557 g/mol. The molecule has 0 saturated heterocycles. The first-order valence-corrected chi connectivity index (χ1v) is 12.6. The lowest BCUT2D eigenvalue weighted by atomic mass is 9.93. The fourth-order valence-corrected chi connectivity index (χ4v) is 5.61. The number of furan rings is 1. The molecule has 0 saturated carbocycles. The van der Waals surface area contributed by atoms with Gasteiger partial charge in [0.2, 0.25) is 0 Å². The minimum atomic E-state index is -5.00. The molecule has 0 atom stereocenters. The van der Waals surface area contributed by atoms with E-state index in [0.717, 1.165) is 44.5 Å². The Labute approximate surface area is 228 Å². The molecule has 0 aliphatic rings. The van der Waals surface area contributed by atoms with Gasteiger partial charge in [-0.25, -0.2) is 0 Å². The number of alkyl halides is 6. The van der Waals surface area contributed by atoms with Gasteiger partial charge in [-0.05, 0) is 64.2 Å². The van der Waals surface area contributed by atoms with Crippen molar-refractivity contribution >= 4 is 43.5 Å². The molecular formula is C33H17F6NO. The third-order valence-corrected chi connectivity index (χ3v) is 7.39. The highest BCUT2D eigenvalue weighted by molar-refractivity contribution is 6.21. The number of fused-ring (bicyclic) bond motifs is 7.